The van der Waals surface area contributed by atoms with Crippen molar-refractivity contribution in [2.24, 2.45) is 11.7 Å². The van der Waals surface area contributed by atoms with E-state index in [4.69, 9.17) is 5.73 Å². The van der Waals surface area contributed by atoms with Gasteiger partial charge in [0.05, 0.1) is 0 Å². The van der Waals surface area contributed by atoms with Gasteiger partial charge in [-0.2, -0.15) is 0 Å². The van der Waals surface area contributed by atoms with E-state index in [1.165, 1.54) is 6.42 Å². The Morgan fingerprint density at radius 2 is 2.30 bits per heavy atom. The van der Waals surface area contributed by atoms with Crippen molar-refractivity contribution in [1.82, 2.24) is 5.32 Å². The molecular formula is C8H18N2. The quantitative estimate of drug-likeness (QED) is 0.596. The fraction of sp³-hybridized carbons (Fsp3) is 1.00. The molecule has 1 saturated heterocycles. The van der Waals surface area contributed by atoms with Gasteiger partial charge in [0.15, 0.2) is 0 Å². The topological polar surface area (TPSA) is 38.0 Å². The Morgan fingerprint density at radius 3 is 2.70 bits per heavy atom. The van der Waals surface area contributed by atoms with Crippen LogP contribution in [0.4, 0.5) is 0 Å². The second kappa shape index (κ2) is 3.35. The zero-order valence-corrected chi connectivity index (χ0v) is 6.93. The third-order valence-electron chi connectivity index (χ3n) is 2.01. The number of nitrogens with one attached hydrogen (secondary N) is 1. The third-order valence-corrected chi connectivity index (χ3v) is 2.01. The van der Waals surface area contributed by atoms with E-state index < -0.39 is 0 Å². The largest absolute Gasteiger partial charge is 0.326 e. The molecule has 1 rings (SSSR count). The first-order valence-corrected chi connectivity index (χ1v) is 4.17. The summed E-state index contributed by atoms with van der Waals surface area (Å²) in [4.78, 5) is 0. The van der Waals surface area contributed by atoms with Gasteiger partial charge in [0.25, 0.3) is 0 Å². The molecule has 0 aromatic rings. The van der Waals surface area contributed by atoms with E-state index in [-0.39, 0.29) is 0 Å². The minimum absolute atomic E-state index is 0.406. The average Bonchev–Trinajstić information content (AvgIpc) is 2.13. The molecule has 60 valence electrons. The number of hydrogen-bond acceptors (Lipinski definition) is 2. The average molecular weight is 142 g/mol. The summed E-state index contributed by atoms with van der Waals surface area (Å²) < 4.78 is 0. The van der Waals surface area contributed by atoms with Crippen molar-refractivity contribution in [3.63, 3.8) is 0 Å². The van der Waals surface area contributed by atoms with E-state index in [2.05, 4.69) is 19.2 Å². The molecular weight excluding hydrogens is 124 g/mol. The van der Waals surface area contributed by atoms with Gasteiger partial charge in [-0.3, -0.25) is 0 Å². The molecule has 10 heavy (non-hydrogen) atoms. The Labute approximate surface area is 63.2 Å². The molecule has 0 aliphatic carbocycles. The van der Waals surface area contributed by atoms with Gasteiger partial charge in [-0.25, -0.2) is 0 Å². The van der Waals surface area contributed by atoms with Crippen LogP contribution in [-0.2, 0) is 0 Å². The van der Waals surface area contributed by atoms with Gasteiger partial charge in [0, 0.05) is 18.6 Å². The highest BCUT2D eigenvalue weighted by Crippen LogP contribution is 2.13. The van der Waals surface area contributed by atoms with E-state index in [1.54, 1.807) is 0 Å². The molecule has 2 atom stereocenters. The Hall–Kier alpha value is -0.0800. The molecule has 0 aromatic heterocycles. The second-order valence-corrected chi connectivity index (χ2v) is 3.73. The van der Waals surface area contributed by atoms with Crippen molar-refractivity contribution in [1.29, 1.82) is 0 Å². The van der Waals surface area contributed by atoms with Crippen molar-refractivity contribution in [3.8, 4) is 0 Å². The van der Waals surface area contributed by atoms with Crippen LogP contribution in [0.1, 0.15) is 26.7 Å². The van der Waals surface area contributed by atoms with E-state index in [1.807, 2.05) is 0 Å². The summed E-state index contributed by atoms with van der Waals surface area (Å²) in [6.07, 6.45) is 2.44. The molecule has 0 spiro atoms. The van der Waals surface area contributed by atoms with Crippen LogP contribution in [0.5, 0.6) is 0 Å². The van der Waals surface area contributed by atoms with E-state index in [9.17, 15) is 0 Å². The molecule has 0 bridgehead atoms. The smallest absolute Gasteiger partial charge is 0.0180 e. The molecule has 0 saturated carbocycles. The maximum absolute atomic E-state index is 5.74. The molecule has 2 nitrogen and oxygen atoms in total. The number of rotatable bonds is 2. The van der Waals surface area contributed by atoms with Crippen LogP contribution >= 0.6 is 0 Å². The SMILES string of the molecule is CC(C)C[C@@H]1C[C@H](N)CN1. The van der Waals surface area contributed by atoms with Crippen LogP contribution in [0.2, 0.25) is 0 Å². The molecule has 3 N–H and O–H groups in total. The molecule has 1 aliphatic heterocycles. The minimum atomic E-state index is 0.406. The first-order chi connectivity index (χ1) is 4.68. The van der Waals surface area contributed by atoms with Crippen LogP contribution in [0.3, 0.4) is 0 Å². The number of nitrogens with two attached hydrogens (primary N) is 1. The van der Waals surface area contributed by atoms with Crippen LogP contribution in [0.25, 0.3) is 0 Å². The minimum Gasteiger partial charge on any atom is -0.326 e. The Morgan fingerprint density at radius 1 is 1.60 bits per heavy atom. The van der Waals surface area contributed by atoms with Crippen molar-refractivity contribution >= 4 is 0 Å². The zero-order chi connectivity index (χ0) is 7.56. The predicted octanol–water partition coefficient (Wildman–Crippen LogP) is 0.722. The summed E-state index contributed by atoms with van der Waals surface area (Å²) in [6, 6.07) is 1.10. The molecule has 1 heterocycles. The van der Waals surface area contributed by atoms with Crippen molar-refractivity contribution in [2.45, 2.75) is 38.8 Å². The molecule has 2 heteroatoms. The van der Waals surface area contributed by atoms with Crippen LogP contribution < -0.4 is 11.1 Å². The first kappa shape index (κ1) is 8.02. The third kappa shape index (κ3) is 2.27. The number of hydrogen-bond donors (Lipinski definition) is 2. The van der Waals surface area contributed by atoms with Gasteiger partial charge in [0.1, 0.15) is 0 Å². The summed E-state index contributed by atoms with van der Waals surface area (Å²) in [7, 11) is 0. The van der Waals surface area contributed by atoms with Gasteiger partial charge < -0.3 is 11.1 Å². The second-order valence-electron chi connectivity index (χ2n) is 3.73. The van der Waals surface area contributed by atoms with Gasteiger partial charge >= 0.3 is 0 Å². The van der Waals surface area contributed by atoms with Gasteiger partial charge in [-0.15, -0.1) is 0 Å². The van der Waals surface area contributed by atoms with Gasteiger partial charge in [0.2, 0.25) is 0 Å². The highest BCUT2D eigenvalue weighted by Gasteiger charge is 2.20. The molecule has 0 unspecified atom stereocenters. The van der Waals surface area contributed by atoms with Crippen molar-refractivity contribution in [3.05, 3.63) is 0 Å². The fourth-order valence-corrected chi connectivity index (χ4v) is 1.60. The lowest BCUT2D eigenvalue weighted by atomic mass is 10.0. The van der Waals surface area contributed by atoms with Gasteiger partial charge in [-0.05, 0) is 18.8 Å². The Kier molecular flexibility index (Phi) is 2.69. The van der Waals surface area contributed by atoms with Crippen LogP contribution in [0, 0.1) is 5.92 Å². The lowest BCUT2D eigenvalue weighted by molar-refractivity contribution is 0.461. The molecule has 1 aliphatic rings. The van der Waals surface area contributed by atoms with E-state index in [0.717, 1.165) is 18.9 Å². The summed E-state index contributed by atoms with van der Waals surface area (Å²) in [5.74, 6) is 0.794. The molecule has 0 amide bonds. The summed E-state index contributed by atoms with van der Waals surface area (Å²) in [5.41, 5.74) is 5.74. The van der Waals surface area contributed by atoms with Gasteiger partial charge in [-0.1, -0.05) is 13.8 Å². The fourth-order valence-electron chi connectivity index (χ4n) is 1.60. The normalized spacial score (nSPS) is 33.6. The maximum atomic E-state index is 5.74. The Balaban J connectivity index is 2.18. The summed E-state index contributed by atoms with van der Waals surface area (Å²) in [5, 5.41) is 3.41. The summed E-state index contributed by atoms with van der Waals surface area (Å²) in [6.45, 7) is 5.52. The highest BCUT2D eigenvalue weighted by molar-refractivity contribution is 4.83. The molecule has 0 radical (unpaired) electrons. The van der Waals surface area contributed by atoms with Crippen molar-refractivity contribution < 1.29 is 0 Å². The first-order valence-electron chi connectivity index (χ1n) is 4.17. The molecule has 1 fully saturated rings. The summed E-state index contributed by atoms with van der Waals surface area (Å²) >= 11 is 0. The van der Waals surface area contributed by atoms with E-state index >= 15 is 0 Å². The standard InChI is InChI=1S/C8H18N2/c1-6(2)3-8-4-7(9)5-10-8/h6-8,10H,3-5,9H2,1-2H3/t7-,8+/m0/s1. The maximum Gasteiger partial charge on any atom is 0.0180 e. The lowest BCUT2D eigenvalue weighted by Crippen LogP contribution is -2.24. The molecule has 0 aromatic carbocycles. The van der Waals surface area contributed by atoms with Crippen molar-refractivity contribution in [2.75, 3.05) is 6.54 Å². The lowest BCUT2D eigenvalue weighted by Gasteiger charge is -2.11. The van der Waals surface area contributed by atoms with Crippen LogP contribution in [0.15, 0.2) is 0 Å². The van der Waals surface area contributed by atoms with Crippen LogP contribution in [-0.4, -0.2) is 18.6 Å². The van der Waals surface area contributed by atoms with E-state index in [0.29, 0.717) is 12.1 Å². The highest BCUT2D eigenvalue weighted by atomic mass is 15.0. The zero-order valence-electron chi connectivity index (χ0n) is 6.93. The predicted molar refractivity (Wildman–Crippen MR) is 43.8 cm³/mol. The monoisotopic (exact) mass is 142 g/mol. The Bertz CT molecular complexity index is 101.